The number of nitrogens with zero attached hydrogens (tertiary/aromatic N) is 4. The second-order valence-electron chi connectivity index (χ2n) is 6.82. The first-order valence-corrected chi connectivity index (χ1v) is 9.58. The predicted octanol–water partition coefficient (Wildman–Crippen LogP) is 2.28. The fraction of sp³-hybridized carbons (Fsp3) is 0.263. The third-order valence-corrected chi connectivity index (χ3v) is 5.27. The first-order chi connectivity index (χ1) is 14.0. The van der Waals surface area contributed by atoms with Gasteiger partial charge in [0.15, 0.2) is 6.67 Å². The van der Waals surface area contributed by atoms with Crippen molar-refractivity contribution in [3.8, 4) is 11.5 Å². The third-order valence-electron chi connectivity index (χ3n) is 4.98. The van der Waals surface area contributed by atoms with Gasteiger partial charge in [0.2, 0.25) is 5.89 Å². The van der Waals surface area contributed by atoms with Crippen LogP contribution < -0.4 is 9.80 Å². The summed E-state index contributed by atoms with van der Waals surface area (Å²) in [5.74, 6) is -0.225. The molecule has 10 heteroatoms. The number of anilines is 1. The number of hydrogen-bond acceptors (Lipinski definition) is 6. The zero-order chi connectivity index (χ0) is 20.4. The standard InChI is InChI=1S/C19H18FN5O3S/c20-17-4-2-1-3-16(17)18-21-24(19(29)28-18)13-22-9-11-23(12-10-22)14-5-7-15(8-6-14)25(26)27/h1-8H,9-13H2/p+1. The Morgan fingerprint density at radius 3 is 2.52 bits per heavy atom. The summed E-state index contributed by atoms with van der Waals surface area (Å²) >= 11 is 5.25. The van der Waals surface area contributed by atoms with Crippen LogP contribution in [0.3, 0.4) is 0 Å². The smallest absolute Gasteiger partial charge is 0.292 e. The van der Waals surface area contributed by atoms with Crippen molar-refractivity contribution in [3.05, 3.63) is 69.3 Å². The summed E-state index contributed by atoms with van der Waals surface area (Å²) in [5.41, 5.74) is 1.34. The summed E-state index contributed by atoms with van der Waals surface area (Å²) in [6, 6.07) is 12.9. The molecule has 4 rings (SSSR count). The quantitative estimate of drug-likeness (QED) is 0.390. The van der Waals surface area contributed by atoms with Gasteiger partial charge >= 0.3 is 0 Å². The van der Waals surface area contributed by atoms with Crippen LogP contribution in [0.25, 0.3) is 11.5 Å². The summed E-state index contributed by atoms with van der Waals surface area (Å²) in [7, 11) is 0. The Balaban J connectivity index is 1.39. The third kappa shape index (κ3) is 4.17. The zero-order valence-corrected chi connectivity index (χ0v) is 16.3. The highest BCUT2D eigenvalue weighted by Gasteiger charge is 2.22. The van der Waals surface area contributed by atoms with E-state index in [1.54, 1.807) is 35.0 Å². The highest BCUT2D eigenvalue weighted by atomic mass is 32.1. The molecular weight excluding hydrogens is 397 g/mol. The van der Waals surface area contributed by atoms with E-state index in [-0.39, 0.29) is 22.0 Å². The van der Waals surface area contributed by atoms with Gasteiger partial charge in [-0.15, -0.1) is 5.10 Å². The van der Waals surface area contributed by atoms with E-state index in [2.05, 4.69) is 10.00 Å². The normalized spacial score (nSPS) is 14.9. The van der Waals surface area contributed by atoms with Crippen molar-refractivity contribution in [1.29, 1.82) is 0 Å². The van der Waals surface area contributed by atoms with Crippen LogP contribution in [0.15, 0.2) is 52.9 Å². The number of nitro benzene ring substituents is 1. The average Bonchev–Trinajstić information content (AvgIpc) is 3.09. The van der Waals surface area contributed by atoms with Gasteiger partial charge in [-0.1, -0.05) is 12.1 Å². The van der Waals surface area contributed by atoms with Gasteiger partial charge in [0.25, 0.3) is 10.5 Å². The van der Waals surface area contributed by atoms with Crippen LogP contribution in [0.2, 0.25) is 0 Å². The minimum absolute atomic E-state index is 0.0871. The second kappa shape index (κ2) is 8.10. The fourth-order valence-corrected chi connectivity index (χ4v) is 3.57. The van der Waals surface area contributed by atoms with Gasteiger partial charge < -0.3 is 14.2 Å². The van der Waals surface area contributed by atoms with E-state index in [0.29, 0.717) is 6.67 Å². The molecule has 1 aromatic heterocycles. The molecule has 0 radical (unpaired) electrons. The van der Waals surface area contributed by atoms with Gasteiger partial charge in [0.05, 0.1) is 36.7 Å². The van der Waals surface area contributed by atoms with Crippen molar-refractivity contribution in [2.45, 2.75) is 6.67 Å². The van der Waals surface area contributed by atoms with Crippen molar-refractivity contribution in [2.75, 3.05) is 31.1 Å². The Bertz CT molecular complexity index is 1070. The molecule has 0 atom stereocenters. The molecule has 150 valence electrons. The van der Waals surface area contributed by atoms with E-state index in [4.69, 9.17) is 16.6 Å². The molecule has 1 N–H and O–H groups in total. The number of halogens is 1. The first kappa shape index (κ1) is 19.2. The van der Waals surface area contributed by atoms with Crippen LogP contribution >= 0.6 is 12.2 Å². The van der Waals surface area contributed by atoms with Crippen molar-refractivity contribution in [3.63, 3.8) is 0 Å². The van der Waals surface area contributed by atoms with Crippen molar-refractivity contribution in [2.24, 2.45) is 0 Å². The Morgan fingerprint density at radius 2 is 1.86 bits per heavy atom. The number of benzene rings is 2. The van der Waals surface area contributed by atoms with E-state index in [1.165, 1.54) is 23.1 Å². The minimum Gasteiger partial charge on any atom is -0.409 e. The number of nitrogens with one attached hydrogen (secondary N) is 1. The largest absolute Gasteiger partial charge is 0.409 e. The number of non-ortho nitro benzene ring substituents is 1. The number of aromatic nitrogens is 2. The number of rotatable bonds is 5. The predicted molar refractivity (Wildman–Crippen MR) is 107 cm³/mol. The molecule has 0 aliphatic carbocycles. The van der Waals surface area contributed by atoms with Gasteiger partial charge in [-0.2, -0.15) is 4.68 Å². The maximum atomic E-state index is 14.0. The van der Waals surface area contributed by atoms with Gasteiger partial charge in [-0.3, -0.25) is 10.1 Å². The number of nitro groups is 1. The van der Waals surface area contributed by atoms with E-state index < -0.39 is 10.7 Å². The molecule has 2 aromatic carbocycles. The van der Waals surface area contributed by atoms with Crippen molar-refractivity contribution >= 4 is 23.6 Å². The minimum atomic E-state index is -0.403. The Morgan fingerprint density at radius 1 is 1.17 bits per heavy atom. The van der Waals surface area contributed by atoms with Crippen LogP contribution in [0.5, 0.6) is 0 Å². The lowest BCUT2D eigenvalue weighted by molar-refractivity contribution is -0.924. The van der Waals surface area contributed by atoms with Crippen LogP contribution in [0.1, 0.15) is 0 Å². The molecule has 0 saturated carbocycles. The second-order valence-corrected chi connectivity index (χ2v) is 7.17. The molecule has 3 aromatic rings. The molecule has 1 aliphatic heterocycles. The molecule has 1 fully saturated rings. The van der Waals surface area contributed by atoms with Gasteiger partial charge in [-0.05, 0) is 36.5 Å². The highest BCUT2D eigenvalue weighted by Crippen LogP contribution is 2.21. The summed E-state index contributed by atoms with van der Waals surface area (Å²) in [6.07, 6.45) is 0. The molecular formula is C19H19FN5O3S+. The topological polar surface area (TPSA) is 81.8 Å². The summed E-state index contributed by atoms with van der Waals surface area (Å²) in [5, 5.41) is 15.1. The molecule has 8 nitrogen and oxygen atoms in total. The summed E-state index contributed by atoms with van der Waals surface area (Å²) in [4.78, 5) is 14.1. The molecule has 0 unspecified atom stereocenters. The number of quaternary nitrogens is 1. The van der Waals surface area contributed by atoms with E-state index in [0.717, 1.165) is 31.9 Å². The van der Waals surface area contributed by atoms with Gasteiger partial charge in [0, 0.05) is 17.8 Å². The van der Waals surface area contributed by atoms with Crippen LogP contribution in [0, 0.1) is 20.8 Å². The summed E-state index contributed by atoms with van der Waals surface area (Å²) < 4.78 is 21.0. The highest BCUT2D eigenvalue weighted by molar-refractivity contribution is 7.71. The average molecular weight is 416 g/mol. The molecule has 0 spiro atoms. The van der Waals surface area contributed by atoms with Crippen molar-refractivity contribution < 1.29 is 18.6 Å². The van der Waals surface area contributed by atoms with Crippen molar-refractivity contribution in [1.82, 2.24) is 9.78 Å². The molecule has 29 heavy (non-hydrogen) atoms. The van der Waals surface area contributed by atoms with Gasteiger partial charge in [0.1, 0.15) is 5.82 Å². The van der Waals surface area contributed by atoms with Crippen LogP contribution in [-0.4, -0.2) is 40.9 Å². The molecule has 0 amide bonds. The lowest BCUT2D eigenvalue weighted by atomic mass is 10.2. The lowest BCUT2D eigenvalue weighted by Crippen LogP contribution is -3.14. The Labute approximate surface area is 170 Å². The Hall–Kier alpha value is -3.11. The SMILES string of the molecule is O=[N+]([O-])c1ccc(N2CC[NH+](Cn3nc(-c4ccccc4F)oc3=S)CC2)cc1. The van der Waals surface area contributed by atoms with E-state index >= 15 is 0 Å². The Kier molecular flexibility index (Phi) is 5.36. The first-order valence-electron chi connectivity index (χ1n) is 9.17. The fourth-order valence-electron chi connectivity index (χ4n) is 3.39. The monoisotopic (exact) mass is 416 g/mol. The molecule has 1 saturated heterocycles. The maximum absolute atomic E-state index is 14.0. The summed E-state index contributed by atoms with van der Waals surface area (Å²) in [6.45, 7) is 3.84. The zero-order valence-electron chi connectivity index (χ0n) is 15.5. The van der Waals surface area contributed by atoms with E-state index in [9.17, 15) is 14.5 Å². The number of piperazine rings is 1. The molecule has 2 heterocycles. The van der Waals surface area contributed by atoms with Crippen LogP contribution in [0.4, 0.5) is 15.8 Å². The molecule has 1 aliphatic rings. The molecule has 0 bridgehead atoms. The van der Waals surface area contributed by atoms with E-state index in [1.807, 2.05) is 0 Å². The lowest BCUT2D eigenvalue weighted by Gasteiger charge is -2.33. The van der Waals surface area contributed by atoms with Gasteiger partial charge in [-0.25, -0.2) is 4.39 Å². The number of hydrogen-bond donors (Lipinski definition) is 1. The van der Waals surface area contributed by atoms with Crippen LogP contribution in [-0.2, 0) is 6.67 Å². The maximum Gasteiger partial charge on any atom is 0.292 e.